The van der Waals surface area contributed by atoms with Gasteiger partial charge in [0.15, 0.2) is 0 Å². The molecule has 0 saturated carbocycles. The van der Waals surface area contributed by atoms with Crippen LogP contribution in [0.25, 0.3) is 11.1 Å². The first-order valence-electron chi connectivity index (χ1n) is 7.52. The fourth-order valence-electron chi connectivity index (χ4n) is 2.92. The first kappa shape index (κ1) is 16.5. The number of amides is 1. The third-order valence-electron chi connectivity index (χ3n) is 4.20. The van der Waals surface area contributed by atoms with E-state index in [2.05, 4.69) is 0 Å². The molecule has 1 aliphatic heterocycles. The fourth-order valence-corrected chi connectivity index (χ4v) is 3.14. The molecule has 5 nitrogen and oxygen atoms in total. The maximum atomic E-state index is 11.2. The summed E-state index contributed by atoms with van der Waals surface area (Å²) in [4.78, 5) is 11.2. The van der Waals surface area contributed by atoms with Crippen molar-refractivity contribution in [2.24, 2.45) is 5.73 Å². The Hall–Kier alpha value is -2.40. The van der Waals surface area contributed by atoms with Crippen molar-refractivity contribution in [3.63, 3.8) is 0 Å². The van der Waals surface area contributed by atoms with Gasteiger partial charge in [-0.15, -0.1) is 0 Å². The number of benzene rings is 2. The lowest BCUT2D eigenvalue weighted by molar-refractivity contribution is -0.00280. The van der Waals surface area contributed by atoms with E-state index in [9.17, 15) is 4.79 Å². The number of ether oxygens (including phenoxy) is 3. The second kappa shape index (κ2) is 6.24. The van der Waals surface area contributed by atoms with E-state index in [-0.39, 0.29) is 0 Å². The van der Waals surface area contributed by atoms with E-state index in [1.165, 1.54) is 0 Å². The molecular formula is C18H18ClNO4. The van der Waals surface area contributed by atoms with Gasteiger partial charge in [-0.3, -0.25) is 0 Å². The van der Waals surface area contributed by atoms with E-state index in [0.717, 1.165) is 22.4 Å². The zero-order valence-corrected chi connectivity index (χ0v) is 14.2. The van der Waals surface area contributed by atoms with E-state index in [0.29, 0.717) is 23.8 Å². The third kappa shape index (κ3) is 2.99. The molecule has 0 spiro atoms. The third-order valence-corrected chi connectivity index (χ3v) is 4.53. The monoisotopic (exact) mass is 347 g/mol. The number of hydrogen-bond donors (Lipinski definition) is 1. The molecule has 2 aromatic rings. The van der Waals surface area contributed by atoms with Crippen molar-refractivity contribution in [1.29, 1.82) is 0 Å². The van der Waals surface area contributed by atoms with Gasteiger partial charge in [0.2, 0.25) is 0 Å². The molecule has 126 valence electrons. The van der Waals surface area contributed by atoms with Gasteiger partial charge < -0.3 is 19.9 Å². The summed E-state index contributed by atoms with van der Waals surface area (Å²) in [7, 11) is 1.61. The minimum Gasteiger partial charge on any atom is -0.497 e. The lowest BCUT2D eigenvalue weighted by Gasteiger charge is -2.34. The topological polar surface area (TPSA) is 70.8 Å². The molecule has 2 aromatic carbocycles. The summed E-state index contributed by atoms with van der Waals surface area (Å²) in [6.07, 6.45) is -0.257. The zero-order chi connectivity index (χ0) is 17.3. The van der Waals surface area contributed by atoms with Gasteiger partial charge in [-0.2, -0.15) is 0 Å². The number of carbonyl (C=O) groups excluding carboxylic acids is 1. The average Bonchev–Trinajstić information content (AvgIpc) is 2.54. The van der Waals surface area contributed by atoms with Crippen molar-refractivity contribution < 1.29 is 19.0 Å². The van der Waals surface area contributed by atoms with Crippen LogP contribution >= 0.6 is 11.6 Å². The normalized spacial score (nSPS) is 19.1. The van der Waals surface area contributed by atoms with Gasteiger partial charge in [0.25, 0.3) is 0 Å². The summed E-state index contributed by atoms with van der Waals surface area (Å²) in [6.45, 7) is 2.27. The fraction of sp³-hybridized carbons (Fsp3) is 0.278. The largest absolute Gasteiger partial charge is 0.497 e. The van der Waals surface area contributed by atoms with E-state index >= 15 is 0 Å². The van der Waals surface area contributed by atoms with Crippen molar-refractivity contribution in [3.05, 3.63) is 47.0 Å². The summed E-state index contributed by atoms with van der Waals surface area (Å²) >= 11 is 6.31. The van der Waals surface area contributed by atoms with Crippen molar-refractivity contribution >= 4 is 17.7 Å². The van der Waals surface area contributed by atoms with Gasteiger partial charge in [-0.1, -0.05) is 23.7 Å². The highest BCUT2D eigenvalue weighted by molar-refractivity contribution is 6.33. The Morgan fingerprint density at radius 3 is 2.79 bits per heavy atom. The molecule has 1 heterocycles. The predicted molar refractivity (Wildman–Crippen MR) is 91.6 cm³/mol. The zero-order valence-electron chi connectivity index (χ0n) is 13.5. The second-order valence-electron chi connectivity index (χ2n) is 5.81. The Bertz CT molecular complexity index is 793. The number of primary amides is 1. The molecule has 2 N–H and O–H groups in total. The Morgan fingerprint density at radius 2 is 2.08 bits per heavy atom. The predicted octanol–water partition coefficient (Wildman–Crippen LogP) is 4.11. The highest BCUT2D eigenvalue weighted by Gasteiger charge is 2.36. The number of halogens is 1. The van der Waals surface area contributed by atoms with Crippen LogP contribution in [0, 0.1) is 0 Å². The second-order valence-corrected chi connectivity index (χ2v) is 6.21. The van der Waals surface area contributed by atoms with Gasteiger partial charge in [0.05, 0.1) is 13.7 Å². The molecule has 6 heteroatoms. The average molecular weight is 348 g/mol. The molecule has 0 aromatic heterocycles. The van der Waals surface area contributed by atoms with Crippen LogP contribution in [0.1, 0.15) is 18.9 Å². The Labute approximate surface area is 145 Å². The van der Waals surface area contributed by atoms with Crippen LogP contribution < -0.4 is 15.2 Å². The quantitative estimate of drug-likeness (QED) is 0.907. The number of carbonyl (C=O) groups is 1. The van der Waals surface area contributed by atoms with Crippen molar-refractivity contribution in [3.8, 4) is 22.6 Å². The van der Waals surface area contributed by atoms with Gasteiger partial charge in [-0.25, -0.2) is 4.79 Å². The molecule has 0 saturated heterocycles. The number of nitrogens with two attached hydrogens (primary N) is 1. The van der Waals surface area contributed by atoms with E-state index in [1.54, 1.807) is 19.2 Å². The molecule has 0 bridgehead atoms. The maximum Gasteiger partial charge on any atom is 0.405 e. The molecular weight excluding hydrogens is 330 g/mol. The van der Waals surface area contributed by atoms with Crippen LogP contribution in [0.4, 0.5) is 4.79 Å². The number of methoxy groups -OCH3 is 1. The number of fused-ring (bicyclic) bond motifs is 1. The van der Waals surface area contributed by atoms with Crippen LogP contribution in [0.15, 0.2) is 36.4 Å². The van der Waals surface area contributed by atoms with Crippen molar-refractivity contribution in [2.75, 3.05) is 13.7 Å². The molecule has 24 heavy (non-hydrogen) atoms. The summed E-state index contributed by atoms with van der Waals surface area (Å²) in [5.74, 6) is 1.37. The Balaban J connectivity index is 2.05. The summed E-state index contributed by atoms with van der Waals surface area (Å²) in [5, 5.41) is 0.614. The molecule has 1 unspecified atom stereocenters. The summed E-state index contributed by atoms with van der Waals surface area (Å²) in [6, 6.07) is 11.1. The molecule has 0 radical (unpaired) electrons. The van der Waals surface area contributed by atoms with Crippen LogP contribution in [0.5, 0.6) is 11.5 Å². The Morgan fingerprint density at radius 1 is 1.29 bits per heavy atom. The van der Waals surface area contributed by atoms with Crippen molar-refractivity contribution in [1.82, 2.24) is 0 Å². The van der Waals surface area contributed by atoms with Crippen LogP contribution in [0.2, 0.25) is 5.02 Å². The molecule has 3 rings (SSSR count). The molecule has 1 amide bonds. The van der Waals surface area contributed by atoms with E-state index < -0.39 is 11.7 Å². The lowest BCUT2D eigenvalue weighted by atomic mass is 9.88. The molecule has 0 fully saturated rings. The number of rotatable bonds is 3. The molecule has 1 aliphatic rings. The molecule has 0 aliphatic carbocycles. The SMILES string of the molecule is COc1ccc(Cl)c(-c2ccc3c(c2)OCCC3(C)OC(N)=O)c1. The van der Waals surface area contributed by atoms with Crippen LogP contribution in [-0.4, -0.2) is 19.8 Å². The van der Waals surface area contributed by atoms with Gasteiger partial charge in [0, 0.05) is 22.6 Å². The van der Waals surface area contributed by atoms with Gasteiger partial charge in [0.1, 0.15) is 17.1 Å². The highest BCUT2D eigenvalue weighted by Crippen LogP contribution is 2.42. The minimum absolute atomic E-state index is 0.437. The summed E-state index contributed by atoms with van der Waals surface area (Å²) in [5.41, 5.74) is 6.93. The van der Waals surface area contributed by atoms with E-state index in [1.807, 2.05) is 31.2 Å². The number of hydrogen-bond acceptors (Lipinski definition) is 4. The maximum absolute atomic E-state index is 11.2. The van der Waals surface area contributed by atoms with Gasteiger partial charge in [-0.05, 0) is 36.8 Å². The first-order valence-corrected chi connectivity index (χ1v) is 7.90. The standard InChI is InChI=1S/C18H18ClNO4/c1-18(24-17(20)21)7-8-23-16-9-11(3-5-14(16)18)13-10-12(22-2)4-6-15(13)19/h3-6,9-10H,7-8H2,1-2H3,(H2,20,21). The van der Waals surface area contributed by atoms with E-state index in [4.69, 9.17) is 31.5 Å². The smallest absolute Gasteiger partial charge is 0.405 e. The lowest BCUT2D eigenvalue weighted by Crippen LogP contribution is -2.36. The van der Waals surface area contributed by atoms with Crippen LogP contribution in [0.3, 0.4) is 0 Å². The van der Waals surface area contributed by atoms with Crippen LogP contribution in [-0.2, 0) is 10.3 Å². The highest BCUT2D eigenvalue weighted by atomic mass is 35.5. The summed E-state index contributed by atoms with van der Waals surface area (Å²) < 4.78 is 16.3. The first-order chi connectivity index (χ1) is 11.4. The van der Waals surface area contributed by atoms with Crippen molar-refractivity contribution in [2.45, 2.75) is 18.9 Å². The van der Waals surface area contributed by atoms with Gasteiger partial charge >= 0.3 is 6.09 Å². The minimum atomic E-state index is -0.801. The molecule has 1 atom stereocenters. The Kier molecular flexibility index (Phi) is 4.28.